The van der Waals surface area contributed by atoms with Gasteiger partial charge in [0.15, 0.2) is 5.37 Å². The minimum absolute atomic E-state index is 0.0621. The van der Waals surface area contributed by atoms with Gasteiger partial charge in [0.25, 0.3) is 11.1 Å². The Hall–Kier alpha value is -2.80. The Morgan fingerprint density at radius 2 is 1.84 bits per heavy atom. The zero-order chi connectivity index (χ0) is 18.1. The van der Waals surface area contributed by atoms with E-state index in [-0.39, 0.29) is 11.3 Å². The van der Waals surface area contributed by atoms with Gasteiger partial charge >= 0.3 is 0 Å². The number of nitrogens with zero attached hydrogens (tertiary/aromatic N) is 1. The number of carboxylic acid groups (broad SMARTS) is 1. The Labute approximate surface area is 148 Å². The number of amides is 2. The van der Waals surface area contributed by atoms with E-state index >= 15 is 0 Å². The number of benzene rings is 2. The van der Waals surface area contributed by atoms with E-state index in [0.29, 0.717) is 5.69 Å². The Morgan fingerprint density at radius 1 is 1.12 bits per heavy atom. The fraction of sp³-hybridized carbons (Fsp3) is 0.167. The molecular weight excluding hydrogens is 340 g/mol. The number of hydrogen-bond donors (Lipinski definition) is 1. The maximum atomic E-state index is 12.7. The lowest BCUT2D eigenvalue weighted by Gasteiger charge is -2.17. The monoisotopic (exact) mass is 355 g/mol. The van der Waals surface area contributed by atoms with Gasteiger partial charge in [0, 0.05) is 11.3 Å². The van der Waals surface area contributed by atoms with E-state index in [9.17, 15) is 19.5 Å². The second kappa shape index (κ2) is 6.60. The number of hydrogen-bond acceptors (Lipinski definition) is 6. The van der Waals surface area contributed by atoms with Crippen LogP contribution < -0.4 is 15.3 Å². The summed E-state index contributed by atoms with van der Waals surface area (Å²) >= 11 is 0.815. The minimum Gasteiger partial charge on any atom is -0.545 e. The van der Waals surface area contributed by atoms with Gasteiger partial charge < -0.3 is 15.2 Å². The van der Waals surface area contributed by atoms with Crippen molar-refractivity contribution in [3.8, 4) is 0 Å². The molecule has 1 heterocycles. The molecule has 0 radical (unpaired) electrons. The summed E-state index contributed by atoms with van der Waals surface area (Å²) < 4.78 is 0. The second-order valence-corrected chi connectivity index (χ2v) is 6.74. The number of anilines is 2. The molecule has 1 fully saturated rings. The van der Waals surface area contributed by atoms with Crippen molar-refractivity contribution in [1.29, 1.82) is 0 Å². The number of carboxylic acids is 1. The van der Waals surface area contributed by atoms with Gasteiger partial charge in [0.1, 0.15) is 0 Å². The summed E-state index contributed by atoms with van der Waals surface area (Å²) in [5.41, 5.74) is 2.72. The molecule has 1 aliphatic rings. The average molecular weight is 355 g/mol. The van der Waals surface area contributed by atoms with Crippen LogP contribution >= 0.6 is 11.8 Å². The maximum Gasteiger partial charge on any atom is 0.295 e. The molecule has 0 unspecified atom stereocenters. The van der Waals surface area contributed by atoms with E-state index in [1.807, 2.05) is 19.9 Å². The fourth-order valence-electron chi connectivity index (χ4n) is 2.53. The van der Waals surface area contributed by atoms with Gasteiger partial charge in [-0.3, -0.25) is 9.59 Å². The van der Waals surface area contributed by atoms with Gasteiger partial charge in [-0.05, 0) is 54.9 Å². The molecule has 6 nitrogen and oxygen atoms in total. The molecule has 0 aliphatic carbocycles. The lowest BCUT2D eigenvalue weighted by molar-refractivity contribution is -0.254. The first-order valence-electron chi connectivity index (χ1n) is 7.57. The lowest BCUT2D eigenvalue weighted by Crippen LogP contribution is -2.35. The first-order chi connectivity index (χ1) is 11.9. The molecule has 1 saturated heterocycles. The van der Waals surface area contributed by atoms with Crippen LogP contribution in [0, 0.1) is 13.8 Å². The number of rotatable bonds is 4. The van der Waals surface area contributed by atoms with Gasteiger partial charge in [0.2, 0.25) is 0 Å². The molecule has 0 bridgehead atoms. The number of nitrogens with one attached hydrogen (secondary N) is 1. The molecule has 128 valence electrons. The predicted molar refractivity (Wildman–Crippen MR) is 94.6 cm³/mol. The summed E-state index contributed by atoms with van der Waals surface area (Å²) in [6.07, 6.45) is 0. The Balaban J connectivity index is 1.87. The lowest BCUT2D eigenvalue weighted by atomic mass is 10.1. The van der Waals surface area contributed by atoms with Crippen molar-refractivity contribution in [3.63, 3.8) is 0 Å². The SMILES string of the molecule is Cc1ccc(N2C(=O)S[C@H](Nc3ccccc3C(=O)[O-])C2=O)cc1C. The van der Waals surface area contributed by atoms with Gasteiger partial charge in [-0.2, -0.15) is 0 Å². The molecule has 1 N–H and O–H groups in total. The van der Waals surface area contributed by atoms with Crippen LogP contribution in [0.2, 0.25) is 0 Å². The standard InChI is InChI=1S/C18H16N2O4S/c1-10-7-8-12(9-11(10)2)20-16(21)15(25-18(20)24)19-14-6-4-3-5-13(14)17(22)23/h3-9,15,19H,1-2H3,(H,22,23)/p-1/t15-/m0/s1. The molecule has 0 saturated carbocycles. The average Bonchev–Trinajstić information content (AvgIpc) is 2.84. The van der Waals surface area contributed by atoms with Crippen molar-refractivity contribution in [2.24, 2.45) is 0 Å². The number of aromatic carboxylic acids is 1. The maximum absolute atomic E-state index is 12.7. The smallest absolute Gasteiger partial charge is 0.295 e. The van der Waals surface area contributed by atoms with Crippen LogP contribution in [0.3, 0.4) is 0 Å². The zero-order valence-corrected chi connectivity index (χ0v) is 14.4. The van der Waals surface area contributed by atoms with E-state index in [0.717, 1.165) is 27.8 Å². The Kier molecular flexibility index (Phi) is 4.50. The van der Waals surface area contributed by atoms with Crippen molar-refractivity contribution in [3.05, 3.63) is 59.2 Å². The first-order valence-corrected chi connectivity index (χ1v) is 8.45. The Morgan fingerprint density at radius 3 is 2.52 bits per heavy atom. The zero-order valence-electron chi connectivity index (χ0n) is 13.6. The van der Waals surface area contributed by atoms with Crippen LogP contribution in [-0.4, -0.2) is 22.5 Å². The minimum atomic E-state index is -1.35. The summed E-state index contributed by atoms with van der Waals surface area (Å²) in [6, 6.07) is 11.5. The predicted octanol–water partition coefficient (Wildman–Crippen LogP) is 2.30. The summed E-state index contributed by atoms with van der Waals surface area (Å²) in [4.78, 5) is 37.2. The summed E-state index contributed by atoms with van der Waals surface area (Å²) in [5.74, 6) is -1.79. The highest BCUT2D eigenvalue weighted by Gasteiger charge is 2.41. The van der Waals surface area contributed by atoms with Crippen molar-refractivity contribution in [1.82, 2.24) is 0 Å². The van der Waals surface area contributed by atoms with Crippen LogP contribution in [0.25, 0.3) is 0 Å². The largest absolute Gasteiger partial charge is 0.545 e. The molecule has 1 atom stereocenters. The molecule has 0 aromatic heterocycles. The molecule has 2 amide bonds. The van der Waals surface area contributed by atoms with Gasteiger partial charge in [-0.15, -0.1) is 0 Å². The first kappa shape index (κ1) is 17.0. The number of para-hydroxylation sites is 1. The molecule has 3 rings (SSSR count). The normalized spacial score (nSPS) is 17.0. The van der Waals surface area contributed by atoms with Crippen LogP contribution in [0.15, 0.2) is 42.5 Å². The third-order valence-electron chi connectivity index (χ3n) is 4.03. The quantitative estimate of drug-likeness (QED) is 0.905. The van der Waals surface area contributed by atoms with Crippen LogP contribution in [0.4, 0.5) is 16.2 Å². The third kappa shape index (κ3) is 3.23. The third-order valence-corrected chi connectivity index (χ3v) is 4.97. The van der Waals surface area contributed by atoms with E-state index in [1.165, 1.54) is 12.1 Å². The molecule has 25 heavy (non-hydrogen) atoms. The topological polar surface area (TPSA) is 89.5 Å². The van der Waals surface area contributed by atoms with E-state index < -0.39 is 22.5 Å². The second-order valence-electron chi connectivity index (χ2n) is 5.68. The molecule has 2 aromatic rings. The molecular formula is C18H15N2O4S-. The van der Waals surface area contributed by atoms with E-state index in [4.69, 9.17) is 0 Å². The van der Waals surface area contributed by atoms with Crippen LogP contribution in [-0.2, 0) is 4.79 Å². The van der Waals surface area contributed by atoms with Crippen molar-refractivity contribution >= 4 is 40.3 Å². The summed E-state index contributed by atoms with van der Waals surface area (Å²) in [6.45, 7) is 3.85. The highest BCUT2D eigenvalue weighted by Crippen LogP contribution is 2.33. The van der Waals surface area contributed by atoms with Gasteiger partial charge in [-0.25, -0.2) is 4.90 Å². The highest BCUT2D eigenvalue weighted by atomic mass is 32.2. The van der Waals surface area contributed by atoms with E-state index in [2.05, 4.69) is 5.32 Å². The number of carbonyl (C=O) groups is 3. The van der Waals surface area contributed by atoms with Gasteiger partial charge in [-0.1, -0.05) is 24.3 Å². The molecule has 0 spiro atoms. The summed E-state index contributed by atoms with van der Waals surface area (Å²) in [5, 5.41) is 12.7. The summed E-state index contributed by atoms with van der Waals surface area (Å²) in [7, 11) is 0. The van der Waals surface area contributed by atoms with Gasteiger partial charge in [0.05, 0.1) is 11.7 Å². The number of aryl methyl sites for hydroxylation is 2. The Bertz CT molecular complexity index is 881. The van der Waals surface area contributed by atoms with Crippen molar-refractivity contribution in [2.45, 2.75) is 19.2 Å². The van der Waals surface area contributed by atoms with Crippen molar-refractivity contribution < 1.29 is 19.5 Å². The van der Waals surface area contributed by atoms with Crippen LogP contribution in [0.1, 0.15) is 21.5 Å². The molecule has 7 heteroatoms. The van der Waals surface area contributed by atoms with E-state index in [1.54, 1.807) is 24.3 Å². The highest BCUT2D eigenvalue weighted by molar-refractivity contribution is 8.16. The molecule has 1 aliphatic heterocycles. The molecule has 2 aromatic carbocycles. The fourth-order valence-corrected chi connectivity index (χ4v) is 3.42. The van der Waals surface area contributed by atoms with Crippen molar-refractivity contribution in [2.75, 3.05) is 10.2 Å². The number of carbonyl (C=O) groups excluding carboxylic acids is 3. The number of imide groups is 1. The van der Waals surface area contributed by atoms with Crippen LogP contribution in [0.5, 0.6) is 0 Å². The number of thioether (sulfide) groups is 1.